The molecule has 0 unspecified atom stereocenters. The fourth-order valence-corrected chi connectivity index (χ4v) is 2.95. The molecule has 2 heterocycles. The zero-order valence-electron chi connectivity index (χ0n) is 15.4. The van der Waals surface area contributed by atoms with Crippen molar-refractivity contribution in [3.05, 3.63) is 36.0 Å². The van der Waals surface area contributed by atoms with Gasteiger partial charge in [0.25, 0.3) is 0 Å². The maximum Gasteiger partial charge on any atom is 0.317 e. The molecule has 3 rings (SSSR count). The number of piperazine rings is 1. The Morgan fingerprint density at radius 1 is 1.08 bits per heavy atom. The highest BCUT2D eigenvalue weighted by Gasteiger charge is 2.26. The molecular weight excluding hydrogens is 316 g/mol. The van der Waals surface area contributed by atoms with Crippen molar-refractivity contribution >= 4 is 11.8 Å². The summed E-state index contributed by atoms with van der Waals surface area (Å²) in [6.45, 7) is 10.9. The fourth-order valence-electron chi connectivity index (χ4n) is 2.95. The van der Waals surface area contributed by atoms with Crippen molar-refractivity contribution in [1.29, 1.82) is 0 Å². The molecule has 0 aliphatic carbocycles. The van der Waals surface area contributed by atoms with Crippen molar-refractivity contribution in [3.63, 3.8) is 0 Å². The number of anilines is 1. The topological polar surface area (TPSA) is 66.3 Å². The highest BCUT2D eigenvalue weighted by atomic mass is 16.2. The predicted molar refractivity (Wildman–Crippen MR) is 98.2 cm³/mol. The zero-order chi connectivity index (χ0) is 18.0. The SMILES string of the molecule is Cc1c(N2CCN(C(=O)NC(C)(C)C)CC2)nnn1-c1ccccc1. The summed E-state index contributed by atoms with van der Waals surface area (Å²) in [6.07, 6.45) is 0. The molecule has 25 heavy (non-hydrogen) atoms. The van der Waals surface area contributed by atoms with Crippen LogP contribution in [0.25, 0.3) is 5.69 Å². The maximum absolute atomic E-state index is 12.3. The molecular formula is C18H26N6O. The predicted octanol–water partition coefficient (Wildman–Crippen LogP) is 2.21. The standard InChI is InChI=1S/C18H26N6O/c1-14-16(20-21-24(14)15-8-6-5-7-9-15)22-10-12-23(13-11-22)17(25)19-18(2,3)4/h5-9H,10-13H2,1-4H3,(H,19,25). The van der Waals surface area contributed by atoms with E-state index in [0.29, 0.717) is 13.1 Å². The molecule has 1 N–H and O–H groups in total. The largest absolute Gasteiger partial charge is 0.350 e. The first kappa shape index (κ1) is 17.3. The van der Waals surface area contributed by atoms with Crippen LogP contribution in [0.15, 0.2) is 30.3 Å². The monoisotopic (exact) mass is 342 g/mol. The Kier molecular flexibility index (Phi) is 4.65. The second-order valence-corrected chi connectivity index (χ2v) is 7.40. The number of hydrogen-bond acceptors (Lipinski definition) is 4. The first-order valence-electron chi connectivity index (χ1n) is 8.65. The molecule has 7 heteroatoms. The molecule has 0 saturated carbocycles. The summed E-state index contributed by atoms with van der Waals surface area (Å²) in [5.74, 6) is 0.889. The maximum atomic E-state index is 12.3. The van der Waals surface area contributed by atoms with Gasteiger partial charge in [-0.15, -0.1) is 5.10 Å². The summed E-state index contributed by atoms with van der Waals surface area (Å²) in [6, 6.07) is 9.99. The van der Waals surface area contributed by atoms with E-state index in [0.717, 1.165) is 30.3 Å². The lowest BCUT2D eigenvalue weighted by molar-refractivity contribution is 0.185. The lowest BCUT2D eigenvalue weighted by Gasteiger charge is -2.36. The number of aromatic nitrogens is 3. The smallest absolute Gasteiger partial charge is 0.317 e. The zero-order valence-corrected chi connectivity index (χ0v) is 15.4. The van der Waals surface area contributed by atoms with Crippen LogP contribution in [0.1, 0.15) is 26.5 Å². The van der Waals surface area contributed by atoms with Gasteiger partial charge >= 0.3 is 6.03 Å². The minimum Gasteiger partial charge on any atom is -0.350 e. The molecule has 0 radical (unpaired) electrons. The number of rotatable bonds is 2. The van der Waals surface area contributed by atoms with E-state index in [4.69, 9.17) is 0 Å². The van der Waals surface area contributed by atoms with Gasteiger partial charge in [-0.05, 0) is 39.8 Å². The van der Waals surface area contributed by atoms with E-state index >= 15 is 0 Å². The van der Waals surface area contributed by atoms with Crippen molar-refractivity contribution in [2.75, 3.05) is 31.1 Å². The van der Waals surface area contributed by atoms with Crippen LogP contribution >= 0.6 is 0 Å². The number of benzene rings is 1. The van der Waals surface area contributed by atoms with Crippen molar-refractivity contribution < 1.29 is 4.79 Å². The normalized spacial score (nSPS) is 15.4. The Bertz CT molecular complexity index is 726. The Morgan fingerprint density at radius 3 is 2.32 bits per heavy atom. The minimum atomic E-state index is -0.219. The second kappa shape index (κ2) is 6.74. The molecule has 7 nitrogen and oxygen atoms in total. The van der Waals surface area contributed by atoms with Gasteiger partial charge < -0.3 is 15.1 Å². The summed E-state index contributed by atoms with van der Waals surface area (Å²) < 4.78 is 1.86. The molecule has 1 aromatic carbocycles. The third-order valence-electron chi connectivity index (χ3n) is 4.22. The average molecular weight is 342 g/mol. The van der Waals surface area contributed by atoms with Gasteiger partial charge in [0.05, 0.1) is 11.4 Å². The quantitative estimate of drug-likeness (QED) is 0.909. The number of nitrogens with zero attached hydrogens (tertiary/aromatic N) is 5. The van der Waals surface area contributed by atoms with Crippen molar-refractivity contribution in [1.82, 2.24) is 25.2 Å². The second-order valence-electron chi connectivity index (χ2n) is 7.40. The van der Waals surface area contributed by atoms with Crippen LogP contribution in [0.5, 0.6) is 0 Å². The van der Waals surface area contributed by atoms with Crippen molar-refractivity contribution in [3.8, 4) is 5.69 Å². The molecule has 2 amide bonds. The van der Waals surface area contributed by atoms with E-state index in [1.165, 1.54) is 0 Å². The highest BCUT2D eigenvalue weighted by Crippen LogP contribution is 2.21. The van der Waals surface area contributed by atoms with Gasteiger partial charge in [0.1, 0.15) is 0 Å². The molecule has 0 bridgehead atoms. The van der Waals surface area contributed by atoms with Crippen LogP contribution in [0, 0.1) is 6.92 Å². The summed E-state index contributed by atoms with van der Waals surface area (Å²) in [4.78, 5) is 16.3. The van der Waals surface area contributed by atoms with E-state index in [9.17, 15) is 4.79 Å². The van der Waals surface area contributed by atoms with Gasteiger partial charge in [0, 0.05) is 31.7 Å². The Hall–Kier alpha value is -2.57. The van der Waals surface area contributed by atoms with Gasteiger partial charge in [-0.1, -0.05) is 23.4 Å². The Labute approximate surface area is 148 Å². The summed E-state index contributed by atoms with van der Waals surface area (Å²) in [5, 5.41) is 11.7. The summed E-state index contributed by atoms with van der Waals surface area (Å²) in [7, 11) is 0. The van der Waals surface area contributed by atoms with Gasteiger partial charge in [0.2, 0.25) is 0 Å². The van der Waals surface area contributed by atoms with Crippen LogP contribution in [-0.2, 0) is 0 Å². The van der Waals surface area contributed by atoms with Crippen LogP contribution in [0.2, 0.25) is 0 Å². The first-order valence-corrected chi connectivity index (χ1v) is 8.65. The van der Waals surface area contributed by atoms with Crippen LogP contribution in [-0.4, -0.2) is 57.6 Å². The molecule has 0 spiro atoms. The van der Waals surface area contributed by atoms with E-state index in [2.05, 4.69) is 20.5 Å². The lowest BCUT2D eigenvalue weighted by atomic mass is 10.1. The molecule has 0 atom stereocenters. The van der Waals surface area contributed by atoms with Crippen LogP contribution in [0.4, 0.5) is 10.6 Å². The highest BCUT2D eigenvalue weighted by molar-refractivity contribution is 5.75. The van der Waals surface area contributed by atoms with Crippen LogP contribution < -0.4 is 10.2 Å². The first-order chi connectivity index (χ1) is 11.8. The third kappa shape index (κ3) is 3.92. The number of hydrogen-bond donors (Lipinski definition) is 1. The molecule has 2 aromatic rings. The van der Waals surface area contributed by atoms with Gasteiger partial charge in [0.15, 0.2) is 5.82 Å². The fraction of sp³-hybridized carbons (Fsp3) is 0.500. The van der Waals surface area contributed by atoms with Crippen molar-refractivity contribution in [2.45, 2.75) is 33.2 Å². The van der Waals surface area contributed by atoms with E-state index in [-0.39, 0.29) is 11.6 Å². The number of amides is 2. The van der Waals surface area contributed by atoms with E-state index < -0.39 is 0 Å². The minimum absolute atomic E-state index is 0.00295. The van der Waals surface area contributed by atoms with Gasteiger partial charge in [-0.25, -0.2) is 9.48 Å². The van der Waals surface area contributed by atoms with Crippen LogP contribution in [0.3, 0.4) is 0 Å². The molecule has 1 aliphatic rings. The molecule has 134 valence electrons. The lowest BCUT2D eigenvalue weighted by Crippen LogP contribution is -2.55. The van der Waals surface area contributed by atoms with E-state index in [1.807, 2.05) is 67.6 Å². The molecule has 1 aromatic heterocycles. The van der Waals surface area contributed by atoms with Crippen molar-refractivity contribution in [2.24, 2.45) is 0 Å². The van der Waals surface area contributed by atoms with Gasteiger partial charge in [-0.2, -0.15) is 0 Å². The third-order valence-corrected chi connectivity index (χ3v) is 4.22. The molecule has 1 aliphatic heterocycles. The Balaban J connectivity index is 1.66. The number of urea groups is 1. The average Bonchev–Trinajstić information content (AvgIpc) is 2.96. The van der Waals surface area contributed by atoms with E-state index in [1.54, 1.807) is 0 Å². The molecule has 1 saturated heterocycles. The number of para-hydroxylation sites is 1. The number of carbonyl (C=O) groups excluding carboxylic acids is 1. The number of nitrogens with one attached hydrogen (secondary N) is 1. The summed E-state index contributed by atoms with van der Waals surface area (Å²) >= 11 is 0. The Morgan fingerprint density at radius 2 is 1.72 bits per heavy atom. The van der Waals surface area contributed by atoms with Gasteiger partial charge in [-0.3, -0.25) is 0 Å². The number of carbonyl (C=O) groups is 1. The summed E-state index contributed by atoms with van der Waals surface area (Å²) in [5.41, 5.74) is 1.80. The molecule has 1 fully saturated rings.